The van der Waals surface area contributed by atoms with Crippen molar-refractivity contribution in [1.29, 1.82) is 0 Å². The van der Waals surface area contributed by atoms with Crippen molar-refractivity contribution in [1.82, 2.24) is 9.78 Å². The molecule has 0 bridgehead atoms. The number of aromatic nitrogens is 2. The summed E-state index contributed by atoms with van der Waals surface area (Å²) in [6.07, 6.45) is 2.50. The Morgan fingerprint density at radius 2 is 2.05 bits per heavy atom. The van der Waals surface area contributed by atoms with Gasteiger partial charge in [-0.15, -0.1) is 11.6 Å². The third-order valence-corrected chi connectivity index (χ3v) is 4.72. The average molecular weight is 304 g/mol. The summed E-state index contributed by atoms with van der Waals surface area (Å²) in [5, 5.41) is 4.74. The molecule has 1 fully saturated rings. The van der Waals surface area contributed by atoms with E-state index < -0.39 is 0 Å². The van der Waals surface area contributed by atoms with Crippen LogP contribution in [0.3, 0.4) is 0 Å². The quantitative estimate of drug-likeness (QED) is 0.791. The van der Waals surface area contributed by atoms with Gasteiger partial charge in [-0.1, -0.05) is 31.5 Å². The zero-order valence-electron chi connectivity index (χ0n) is 12.7. The summed E-state index contributed by atoms with van der Waals surface area (Å²) in [4.78, 5) is 2.46. The molecule has 2 aromatic rings. The summed E-state index contributed by atoms with van der Waals surface area (Å²) in [5.74, 6) is 2.48. The van der Waals surface area contributed by atoms with Crippen LogP contribution in [0.4, 0.5) is 5.82 Å². The molecule has 0 saturated carbocycles. The van der Waals surface area contributed by atoms with Crippen LogP contribution in [-0.2, 0) is 5.88 Å². The van der Waals surface area contributed by atoms with E-state index in [-0.39, 0.29) is 0 Å². The number of halogens is 1. The Morgan fingerprint density at radius 3 is 2.67 bits per heavy atom. The molecule has 3 nitrogen and oxygen atoms in total. The molecule has 1 aromatic heterocycles. The van der Waals surface area contributed by atoms with Crippen molar-refractivity contribution in [3.8, 4) is 5.69 Å². The number of nitrogens with zero attached hydrogens (tertiary/aromatic N) is 3. The SMILES string of the molecule is CCC1CCN(c2c(CCl)c(C)nn2-c2ccccc2)C1. The van der Waals surface area contributed by atoms with Crippen LogP contribution in [-0.4, -0.2) is 22.9 Å². The van der Waals surface area contributed by atoms with Crippen LogP contribution in [0.25, 0.3) is 5.69 Å². The molecule has 4 heteroatoms. The number of aryl methyl sites for hydroxylation is 1. The minimum Gasteiger partial charge on any atom is -0.356 e. The number of anilines is 1. The van der Waals surface area contributed by atoms with Gasteiger partial charge in [-0.3, -0.25) is 0 Å². The first-order chi connectivity index (χ1) is 10.2. The van der Waals surface area contributed by atoms with Gasteiger partial charge in [-0.05, 0) is 31.4 Å². The molecule has 112 valence electrons. The van der Waals surface area contributed by atoms with Crippen LogP contribution in [0.5, 0.6) is 0 Å². The second-order valence-electron chi connectivity index (χ2n) is 5.78. The Hall–Kier alpha value is -1.48. The molecule has 0 aliphatic carbocycles. The molecule has 0 N–H and O–H groups in total. The molecule has 1 aromatic carbocycles. The predicted octanol–water partition coefficient (Wildman–Crippen LogP) is 4.16. The van der Waals surface area contributed by atoms with E-state index in [4.69, 9.17) is 16.7 Å². The molecule has 0 radical (unpaired) electrons. The van der Waals surface area contributed by atoms with Crippen molar-refractivity contribution in [2.24, 2.45) is 5.92 Å². The Labute approximate surface area is 131 Å². The lowest BCUT2D eigenvalue weighted by molar-refractivity contribution is 0.568. The van der Waals surface area contributed by atoms with Gasteiger partial charge in [0.25, 0.3) is 0 Å². The van der Waals surface area contributed by atoms with E-state index in [1.807, 2.05) is 13.0 Å². The van der Waals surface area contributed by atoms with E-state index in [1.165, 1.54) is 18.7 Å². The topological polar surface area (TPSA) is 21.1 Å². The summed E-state index contributed by atoms with van der Waals surface area (Å²) in [6, 6.07) is 10.3. The molecule has 1 atom stereocenters. The predicted molar refractivity (Wildman–Crippen MR) is 88.5 cm³/mol. The molecule has 0 amide bonds. The maximum Gasteiger partial charge on any atom is 0.137 e. The molecular formula is C17H22ClN3. The summed E-state index contributed by atoms with van der Waals surface area (Å²) in [7, 11) is 0. The van der Waals surface area contributed by atoms with Crippen LogP contribution in [0.1, 0.15) is 31.0 Å². The molecular weight excluding hydrogens is 282 g/mol. The van der Waals surface area contributed by atoms with Crippen molar-refractivity contribution in [3.05, 3.63) is 41.6 Å². The highest BCUT2D eigenvalue weighted by atomic mass is 35.5. The fourth-order valence-electron chi connectivity index (χ4n) is 3.14. The molecule has 1 aliphatic heterocycles. The molecule has 0 spiro atoms. The van der Waals surface area contributed by atoms with E-state index in [2.05, 4.69) is 40.8 Å². The van der Waals surface area contributed by atoms with Gasteiger partial charge in [0.1, 0.15) is 5.82 Å². The van der Waals surface area contributed by atoms with Crippen molar-refractivity contribution >= 4 is 17.4 Å². The Kier molecular flexibility index (Phi) is 4.20. The van der Waals surface area contributed by atoms with E-state index >= 15 is 0 Å². The van der Waals surface area contributed by atoms with Gasteiger partial charge < -0.3 is 4.90 Å². The van der Waals surface area contributed by atoms with Crippen LogP contribution >= 0.6 is 11.6 Å². The lowest BCUT2D eigenvalue weighted by atomic mass is 10.1. The monoisotopic (exact) mass is 303 g/mol. The summed E-state index contributed by atoms with van der Waals surface area (Å²) < 4.78 is 2.06. The Morgan fingerprint density at radius 1 is 1.29 bits per heavy atom. The smallest absolute Gasteiger partial charge is 0.137 e. The average Bonchev–Trinajstić information content (AvgIpc) is 3.11. The van der Waals surface area contributed by atoms with Gasteiger partial charge in [-0.2, -0.15) is 5.10 Å². The van der Waals surface area contributed by atoms with Gasteiger partial charge in [0.15, 0.2) is 0 Å². The maximum absolute atomic E-state index is 6.21. The second-order valence-corrected chi connectivity index (χ2v) is 6.04. The highest BCUT2D eigenvalue weighted by molar-refractivity contribution is 6.17. The summed E-state index contributed by atoms with van der Waals surface area (Å²) in [6.45, 7) is 6.53. The largest absolute Gasteiger partial charge is 0.356 e. The number of alkyl halides is 1. The summed E-state index contributed by atoms with van der Waals surface area (Å²) in [5.41, 5.74) is 3.30. The van der Waals surface area contributed by atoms with Gasteiger partial charge in [-0.25, -0.2) is 4.68 Å². The number of para-hydroxylation sites is 1. The standard InChI is InChI=1S/C17H22ClN3/c1-3-14-9-10-20(12-14)17-16(11-18)13(2)19-21(17)15-7-5-4-6-8-15/h4-8,14H,3,9-12H2,1-2H3. The second kappa shape index (κ2) is 6.10. The third kappa shape index (κ3) is 2.67. The third-order valence-electron chi connectivity index (χ3n) is 4.45. The fourth-order valence-corrected chi connectivity index (χ4v) is 3.45. The zero-order valence-corrected chi connectivity index (χ0v) is 13.5. The van der Waals surface area contributed by atoms with Crippen LogP contribution in [0, 0.1) is 12.8 Å². The molecule has 1 aliphatic rings. The Balaban J connectivity index is 2.05. The number of hydrogen-bond acceptors (Lipinski definition) is 2. The molecule has 21 heavy (non-hydrogen) atoms. The van der Waals surface area contributed by atoms with Gasteiger partial charge in [0.2, 0.25) is 0 Å². The molecule has 1 saturated heterocycles. The van der Waals surface area contributed by atoms with Gasteiger partial charge in [0, 0.05) is 18.7 Å². The Bertz CT molecular complexity index is 606. The molecule has 1 unspecified atom stereocenters. The van der Waals surface area contributed by atoms with E-state index in [1.54, 1.807) is 0 Å². The first-order valence-electron chi connectivity index (χ1n) is 7.69. The lowest BCUT2D eigenvalue weighted by Crippen LogP contribution is -2.23. The van der Waals surface area contributed by atoms with Crippen LogP contribution in [0.15, 0.2) is 30.3 Å². The van der Waals surface area contributed by atoms with E-state index in [0.29, 0.717) is 5.88 Å². The summed E-state index contributed by atoms with van der Waals surface area (Å²) >= 11 is 6.21. The van der Waals surface area contributed by atoms with Gasteiger partial charge in [0.05, 0.1) is 17.3 Å². The molecule has 3 rings (SSSR count). The van der Waals surface area contributed by atoms with E-state index in [9.17, 15) is 0 Å². The normalized spacial score (nSPS) is 18.4. The van der Waals surface area contributed by atoms with Crippen molar-refractivity contribution in [2.75, 3.05) is 18.0 Å². The number of benzene rings is 1. The minimum atomic E-state index is 0.515. The van der Waals surface area contributed by atoms with E-state index in [0.717, 1.165) is 36.0 Å². The minimum absolute atomic E-state index is 0.515. The van der Waals surface area contributed by atoms with Crippen LogP contribution < -0.4 is 4.90 Å². The maximum atomic E-state index is 6.21. The van der Waals surface area contributed by atoms with Crippen LogP contribution in [0.2, 0.25) is 0 Å². The first kappa shape index (κ1) is 14.5. The fraction of sp³-hybridized carbons (Fsp3) is 0.471. The highest BCUT2D eigenvalue weighted by Gasteiger charge is 2.27. The van der Waals surface area contributed by atoms with Crippen molar-refractivity contribution < 1.29 is 0 Å². The number of hydrogen-bond donors (Lipinski definition) is 0. The lowest BCUT2D eigenvalue weighted by Gasteiger charge is -2.21. The van der Waals surface area contributed by atoms with Gasteiger partial charge >= 0.3 is 0 Å². The van der Waals surface area contributed by atoms with Crippen molar-refractivity contribution in [3.63, 3.8) is 0 Å². The zero-order chi connectivity index (χ0) is 14.8. The molecule has 2 heterocycles. The highest BCUT2D eigenvalue weighted by Crippen LogP contribution is 2.33. The first-order valence-corrected chi connectivity index (χ1v) is 8.22. The number of rotatable bonds is 4. The van der Waals surface area contributed by atoms with Crippen molar-refractivity contribution in [2.45, 2.75) is 32.6 Å².